The monoisotopic (exact) mass is 276 g/mol. The smallest absolute Gasteiger partial charge is 0.303 e. The number of aliphatic hydroxyl groups excluding tert-OH is 2. The first-order chi connectivity index (χ1) is 9.04. The normalized spacial score (nSPS) is 11.6. The number of carboxylic acids is 1. The van der Waals surface area contributed by atoms with Gasteiger partial charge in [-0.1, -0.05) is 58.3 Å². The van der Waals surface area contributed by atoms with E-state index in [0.717, 1.165) is 12.8 Å². The van der Waals surface area contributed by atoms with Gasteiger partial charge in [-0.05, 0) is 13.3 Å². The Morgan fingerprint density at radius 2 is 1.32 bits per heavy atom. The summed E-state index contributed by atoms with van der Waals surface area (Å²) in [5.74, 6) is -0.659. The van der Waals surface area contributed by atoms with Crippen molar-refractivity contribution in [3.05, 3.63) is 0 Å². The predicted octanol–water partition coefficient (Wildman–Crippen LogP) is 3.35. The van der Waals surface area contributed by atoms with E-state index in [1.807, 2.05) is 0 Å². The predicted molar refractivity (Wildman–Crippen MR) is 78.2 cm³/mol. The molecule has 0 radical (unpaired) electrons. The van der Waals surface area contributed by atoms with Crippen molar-refractivity contribution in [3.63, 3.8) is 0 Å². The number of carbonyl (C=O) groups is 1. The van der Waals surface area contributed by atoms with Crippen molar-refractivity contribution in [2.45, 2.75) is 84.2 Å². The zero-order valence-electron chi connectivity index (χ0n) is 12.6. The molecule has 0 aliphatic carbocycles. The molecule has 1 atom stereocenters. The Kier molecular flexibility index (Phi) is 18.9. The van der Waals surface area contributed by atoms with E-state index < -0.39 is 12.1 Å². The van der Waals surface area contributed by atoms with Gasteiger partial charge in [-0.25, -0.2) is 0 Å². The van der Waals surface area contributed by atoms with Gasteiger partial charge in [0.25, 0.3) is 0 Å². The van der Waals surface area contributed by atoms with E-state index in [2.05, 4.69) is 6.92 Å². The summed E-state index contributed by atoms with van der Waals surface area (Å²) in [6, 6.07) is 0. The van der Waals surface area contributed by atoms with Crippen LogP contribution in [0.25, 0.3) is 0 Å². The number of hydrogen-bond acceptors (Lipinski definition) is 3. The number of hydrogen-bond donors (Lipinski definition) is 3. The van der Waals surface area contributed by atoms with Crippen LogP contribution in [0.15, 0.2) is 0 Å². The summed E-state index contributed by atoms with van der Waals surface area (Å²) >= 11 is 0. The third-order valence-corrected chi connectivity index (χ3v) is 2.76. The first kappa shape index (κ1) is 20.7. The maximum Gasteiger partial charge on any atom is 0.303 e. The van der Waals surface area contributed by atoms with Crippen LogP contribution in [0.3, 0.4) is 0 Å². The number of aliphatic carboxylic acids is 1. The second kappa shape index (κ2) is 17.4. The molecule has 116 valence electrons. The molecule has 4 nitrogen and oxygen atoms in total. The Morgan fingerprint density at radius 1 is 0.947 bits per heavy atom. The van der Waals surface area contributed by atoms with Crippen LogP contribution in [0.5, 0.6) is 0 Å². The lowest BCUT2D eigenvalue weighted by Gasteiger charge is -2.00. The zero-order chi connectivity index (χ0) is 14.9. The van der Waals surface area contributed by atoms with Gasteiger partial charge in [0.2, 0.25) is 0 Å². The fourth-order valence-electron chi connectivity index (χ4n) is 1.59. The molecule has 19 heavy (non-hydrogen) atoms. The maximum absolute atomic E-state index is 10.2. The average Bonchev–Trinajstić information content (AvgIpc) is 2.37. The van der Waals surface area contributed by atoms with Crippen LogP contribution < -0.4 is 0 Å². The highest BCUT2D eigenvalue weighted by molar-refractivity contribution is 5.66. The number of rotatable bonds is 11. The summed E-state index contributed by atoms with van der Waals surface area (Å²) in [4.78, 5) is 10.2. The molecule has 0 amide bonds. The summed E-state index contributed by atoms with van der Waals surface area (Å²) in [6.45, 7) is 3.62. The average molecular weight is 276 g/mol. The molecule has 4 heteroatoms. The minimum Gasteiger partial charge on any atom is -0.481 e. The maximum atomic E-state index is 10.2. The third-order valence-electron chi connectivity index (χ3n) is 2.76. The van der Waals surface area contributed by atoms with Gasteiger partial charge in [0, 0.05) is 6.42 Å². The molecule has 1 unspecified atom stereocenters. The van der Waals surface area contributed by atoms with Crippen molar-refractivity contribution in [1.29, 1.82) is 0 Å². The third kappa shape index (κ3) is 26.8. The Balaban J connectivity index is 0. The minimum atomic E-state index is -0.659. The Morgan fingerprint density at radius 3 is 1.63 bits per heavy atom. The van der Waals surface area contributed by atoms with Crippen LogP contribution in [0.4, 0.5) is 0 Å². The molecule has 0 aliphatic heterocycles. The van der Waals surface area contributed by atoms with E-state index in [-0.39, 0.29) is 6.61 Å². The van der Waals surface area contributed by atoms with Gasteiger partial charge in [-0.2, -0.15) is 0 Å². The lowest BCUT2D eigenvalue weighted by molar-refractivity contribution is -0.137. The topological polar surface area (TPSA) is 77.8 Å². The van der Waals surface area contributed by atoms with E-state index in [1.54, 1.807) is 0 Å². The lowest BCUT2D eigenvalue weighted by Crippen LogP contribution is -2.03. The molecule has 0 saturated carbocycles. The molecule has 3 N–H and O–H groups in total. The van der Waals surface area contributed by atoms with Crippen molar-refractivity contribution < 1.29 is 20.1 Å². The number of carboxylic acid groups (broad SMARTS) is 1. The molecule has 0 rings (SSSR count). The Bertz CT molecular complexity index is 181. The minimum absolute atomic E-state index is 0.139. The standard InChI is InChI=1S/C12H24O2.C3H8O2/c1-2-3-4-5-6-7-8-9-10-11-12(13)14;1-3(5)2-4/h2-11H2,1H3,(H,13,14);3-5H,2H2,1H3. The largest absolute Gasteiger partial charge is 0.481 e. The van der Waals surface area contributed by atoms with E-state index in [1.165, 1.54) is 51.9 Å². The van der Waals surface area contributed by atoms with Crippen molar-refractivity contribution in [3.8, 4) is 0 Å². The highest BCUT2D eigenvalue weighted by Gasteiger charge is 1.96. The van der Waals surface area contributed by atoms with Gasteiger partial charge < -0.3 is 15.3 Å². The van der Waals surface area contributed by atoms with Crippen LogP contribution in [0.2, 0.25) is 0 Å². The summed E-state index contributed by atoms with van der Waals surface area (Å²) in [5.41, 5.74) is 0. The Labute approximate surface area is 117 Å². The molecule has 0 aromatic carbocycles. The molecule has 0 saturated heterocycles. The molecule has 0 bridgehead atoms. The van der Waals surface area contributed by atoms with Gasteiger partial charge in [0.15, 0.2) is 0 Å². The molecule has 0 spiro atoms. The van der Waals surface area contributed by atoms with Gasteiger partial charge in [-0.15, -0.1) is 0 Å². The van der Waals surface area contributed by atoms with E-state index in [4.69, 9.17) is 15.3 Å². The Hall–Kier alpha value is -0.610. The molecular weight excluding hydrogens is 244 g/mol. The van der Waals surface area contributed by atoms with Crippen LogP contribution in [0.1, 0.15) is 78.1 Å². The molecule has 0 aromatic rings. The van der Waals surface area contributed by atoms with E-state index in [9.17, 15) is 4.79 Å². The second-order valence-corrected chi connectivity index (χ2v) is 5.00. The summed E-state index contributed by atoms with van der Waals surface area (Å²) < 4.78 is 0. The van der Waals surface area contributed by atoms with Gasteiger partial charge in [0.1, 0.15) is 0 Å². The van der Waals surface area contributed by atoms with Gasteiger partial charge >= 0.3 is 5.97 Å². The molecule has 0 aromatic heterocycles. The summed E-state index contributed by atoms with van der Waals surface area (Å²) in [7, 11) is 0. The summed E-state index contributed by atoms with van der Waals surface area (Å²) in [6.07, 6.45) is 10.9. The second-order valence-electron chi connectivity index (χ2n) is 5.00. The molecular formula is C15H32O4. The molecule has 0 aliphatic rings. The van der Waals surface area contributed by atoms with Gasteiger partial charge in [0.05, 0.1) is 12.7 Å². The first-order valence-corrected chi connectivity index (χ1v) is 7.55. The van der Waals surface area contributed by atoms with Crippen molar-refractivity contribution in [2.75, 3.05) is 6.61 Å². The number of unbranched alkanes of at least 4 members (excludes halogenated alkanes) is 8. The highest BCUT2D eigenvalue weighted by atomic mass is 16.4. The van der Waals surface area contributed by atoms with Crippen molar-refractivity contribution in [2.24, 2.45) is 0 Å². The van der Waals surface area contributed by atoms with Crippen LogP contribution in [-0.4, -0.2) is 34.0 Å². The van der Waals surface area contributed by atoms with Crippen molar-refractivity contribution >= 4 is 5.97 Å². The van der Waals surface area contributed by atoms with Crippen LogP contribution in [-0.2, 0) is 4.79 Å². The highest BCUT2D eigenvalue weighted by Crippen LogP contribution is 2.10. The quantitative estimate of drug-likeness (QED) is 0.506. The fraction of sp³-hybridized carbons (Fsp3) is 0.933. The van der Waals surface area contributed by atoms with Crippen LogP contribution >= 0.6 is 0 Å². The summed E-state index contributed by atoms with van der Waals surface area (Å²) in [5, 5.41) is 24.4. The number of aliphatic hydroxyl groups is 2. The van der Waals surface area contributed by atoms with E-state index in [0.29, 0.717) is 6.42 Å². The zero-order valence-corrected chi connectivity index (χ0v) is 12.6. The van der Waals surface area contributed by atoms with E-state index >= 15 is 0 Å². The molecule has 0 heterocycles. The molecule has 0 fully saturated rings. The van der Waals surface area contributed by atoms with Crippen LogP contribution in [0, 0.1) is 0 Å². The van der Waals surface area contributed by atoms with Gasteiger partial charge in [-0.3, -0.25) is 4.79 Å². The first-order valence-electron chi connectivity index (χ1n) is 7.55. The lowest BCUT2D eigenvalue weighted by atomic mass is 10.1. The fourth-order valence-corrected chi connectivity index (χ4v) is 1.59. The SMILES string of the molecule is CC(O)CO.CCCCCCCCCCCC(=O)O. The van der Waals surface area contributed by atoms with Crippen molar-refractivity contribution in [1.82, 2.24) is 0 Å².